The van der Waals surface area contributed by atoms with Gasteiger partial charge in [-0.15, -0.1) is 0 Å². The molecule has 7 nitrogen and oxygen atoms in total. The van der Waals surface area contributed by atoms with E-state index in [4.69, 9.17) is 5.11 Å². The number of amides is 3. The molecule has 0 aliphatic heterocycles. The predicted molar refractivity (Wildman–Crippen MR) is 85.0 cm³/mol. The average molecular weight is 319 g/mol. The molecule has 7 heteroatoms. The van der Waals surface area contributed by atoms with Gasteiger partial charge in [-0.2, -0.15) is 0 Å². The lowest BCUT2D eigenvalue weighted by Gasteiger charge is -2.15. The van der Waals surface area contributed by atoms with Gasteiger partial charge in [0.15, 0.2) is 0 Å². The molecule has 1 aliphatic carbocycles. The highest BCUT2D eigenvalue weighted by Gasteiger charge is 2.29. The maximum atomic E-state index is 11.7. The first-order valence-corrected chi connectivity index (χ1v) is 7.62. The molecule has 1 fully saturated rings. The van der Waals surface area contributed by atoms with Crippen LogP contribution in [0.5, 0.6) is 0 Å². The second-order valence-electron chi connectivity index (χ2n) is 5.65. The molecule has 23 heavy (non-hydrogen) atoms. The van der Waals surface area contributed by atoms with Gasteiger partial charge in [0.25, 0.3) is 0 Å². The number of rotatable bonds is 7. The van der Waals surface area contributed by atoms with Gasteiger partial charge in [0.1, 0.15) is 0 Å². The third-order valence-corrected chi connectivity index (χ3v) is 3.60. The summed E-state index contributed by atoms with van der Waals surface area (Å²) in [5, 5.41) is 16.6. The quantitative estimate of drug-likeness (QED) is 0.615. The van der Waals surface area contributed by atoms with E-state index in [2.05, 4.69) is 16.0 Å². The second kappa shape index (κ2) is 7.62. The third-order valence-electron chi connectivity index (χ3n) is 3.60. The zero-order chi connectivity index (χ0) is 16.8. The van der Waals surface area contributed by atoms with Crippen molar-refractivity contribution in [3.05, 3.63) is 29.8 Å². The van der Waals surface area contributed by atoms with E-state index in [1.807, 2.05) is 19.1 Å². The number of benzene rings is 1. The molecular formula is C16H21N3O4. The van der Waals surface area contributed by atoms with Crippen LogP contribution in [-0.2, 0) is 9.59 Å². The van der Waals surface area contributed by atoms with Crippen LogP contribution in [0.3, 0.4) is 0 Å². The number of anilines is 1. The van der Waals surface area contributed by atoms with Crippen molar-refractivity contribution in [3.8, 4) is 0 Å². The Kier molecular flexibility index (Phi) is 5.56. The van der Waals surface area contributed by atoms with E-state index >= 15 is 0 Å². The van der Waals surface area contributed by atoms with Gasteiger partial charge in [-0.3, -0.25) is 9.59 Å². The molecule has 1 aromatic carbocycles. The third kappa shape index (κ3) is 5.61. The van der Waals surface area contributed by atoms with Gasteiger partial charge in [-0.05, 0) is 37.5 Å². The standard InChI is InChI=1S/C16H21N3O4/c1-10(18-16(23)17-9-8-14(20)21)11-4-6-13(7-5-11)19-15(22)12-2-3-12/h4-7,10,12H,2-3,8-9H2,1H3,(H,19,22)(H,20,21)(H2,17,18,23). The summed E-state index contributed by atoms with van der Waals surface area (Å²) in [6.07, 6.45) is 1.81. The Labute approximate surface area is 134 Å². The SMILES string of the molecule is CC(NC(=O)NCCC(=O)O)c1ccc(NC(=O)C2CC2)cc1. The van der Waals surface area contributed by atoms with Crippen molar-refractivity contribution < 1.29 is 19.5 Å². The Morgan fingerprint density at radius 1 is 1.22 bits per heavy atom. The Morgan fingerprint density at radius 2 is 1.87 bits per heavy atom. The van der Waals surface area contributed by atoms with E-state index in [0.29, 0.717) is 0 Å². The zero-order valence-electron chi connectivity index (χ0n) is 13.0. The number of carbonyl (C=O) groups is 3. The van der Waals surface area contributed by atoms with Crippen molar-refractivity contribution in [2.45, 2.75) is 32.2 Å². The number of hydrogen-bond acceptors (Lipinski definition) is 3. The highest BCUT2D eigenvalue weighted by atomic mass is 16.4. The van der Waals surface area contributed by atoms with Gasteiger partial charge in [0.2, 0.25) is 5.91 Å². The molecule has 0 aromatic heterocycles. The molecule has 2 rings (SSSR count). The molecule has 3 amide bonds. The molecule has 0 heterocycles. The number of aliphatic carboxylic acids is 1. The number of carboxylic acid groups (broad SMARTS) is 1. The van der Waals surface area contributed by atoms with Gasteiger partial charge in [-0.25, -0.2) is 4.79 Å². The maximum Gasteiger partial charge on any atom is 0.315 e. The molecule has 1 aromatic rings. The van der Waals surface area contributed by atoms with Crippen molar-refractivity contribution in [3.63, 3.8) is 0 Å². The summed E-state index contributed by atoms with van der Waals surface area (Å²) in [6.45, 7) is 1.91. The molecule has 0 bridgehead atoms. The van der Waals surface area contributed by atoms with E-state index in [0.717, 1.165) is 24.1 Å². The van der Waals surface area contributed by atoms with Crippen LogP contribution in [0.25, 0.3) is 0 Å². The highest BCUT2D eigenvalue weighted by Crippen LogP contribution is 2.30. The fourth-order valence-corrected chi connectivity index (χ4v) is 2.06. The van der Waals surface area contributed by atoms with E-state index < -0.39 is 12.0 Å². The minimum Gasteiger partial charge on any atom is -0.481 e. The van der Waals surface area contributed by atoms with Gasteiger partial charge in [-0.1, -0.05) is 12.1 Å². The van der Waals surface area contributed by atoms with Gasteiger partial charge in [0.05, 0.1) is 12.5 Å². The van der Waals surface area contributed by atoms with Crippen molar-refractivity contribution in [2.24, 2.45) is 5.92 Å². The van der Waals surface area contributed by atoms with Crippen molar-refractivity contribution in [1.29, 1.82) is 0 Å². The Bertz CT molecular complexity index is 581. The van der Waals surface area contributed by atoms with E-state index in [1.54, 1.807) is 12.1 Å². The molecule has 1 atom stereocenters. The lowest BCUT2D eigenvalue weighted by molar-refractivity contribution is -0.136. The van der Waals surface area contributed by atoms with E-state index in [1.165, 1.54) is 0 Å². The van der Waals surface area contributed by atoms with E-state index in [-0.39, 0.29) is 30.8 Å². The number of urea groups is 1. The molecule has 0 radical (unpaired) electrons. The van der Waals surface area contributed by atoms with Gasteiger partial charge < -0.3 is 21.1 Å². The van der Waals surface area contributed by atoms with Gasteiger partial charge in [0, 0.05) is 18.2 Å². The Morgan fingerprint density at radius 3 is 2.43 bits per heavy atom. The first kappa shape index (κ1) is 16.8. The van der Waals surface area contributed by atoms with Gasteiger partial charge >= 0.3 is 12.0 Å². The topological polar surface area (TPSA) is 108 Å². The predicted octanol–water partition coefficient (Wildman–Crippen LogP) is 1.87. The summed E-state index contributed by atoms with van der Waals surface area (Å²) in [4.78, 5) is 33.7. The van der Waals surface area contributed by atoms with Crippen LogP contribution < -0.4 is 16.0 Å². The minimum absolute atomic E-state index is 0.0572. The van der Waals surface area contributed by atoms with Crippen LogP contribution in [-0.4, -0.2) is 29.6 Å². The molecule has 0 saturated heterocycles. The summed E-state index contributed by atoms with van der Waals surface area (Å²) >= 11 is 0. The van der Waals surface area contributed by atoms with Crippen LogP contribution in [0.1, 0.15) is 37.8 Å². The number of nitrogens with one attached hydrogen (secondary N) is 3. The minimum atomic E-state index is -0.956. The first-order chi connectivity index (χ1) is 11.0. The van der Waals surface area contributed by atoms with Crippen molar-refractivity contribution in [1.82, 2.24) is 10.6 Å². The number of carbonyl (C=O) groups excluding carboxylic acids is 2. The lowest BCUT2D eigenvalue weighted by Crippen LogP contribution is -2.38. The summed E-state index contributed by atoms with van der Waals surface area (Å²) in [5.41, 5.74) is 1.63. The fourth-order valence-electron chi connectivity index (χ4n) is 2.06. The molecule has 4 N–H and O–H groups in total. The normalized spacial score (nSPS) is 14.7. The van der Waals surface area contributed by atoms with Crippen LogP contribution in [0, 0.1) is 5.92 Å². The van der Waals surface area contributed by atoms with Crippen LogP contribution >= 0.6 is 0 Å². The zero-order valence-corrected chi connectivity index (χ0v) is 13.0. The first-order valence-electron chi connectivity index (χ1n) is 7.62. The molecule has 124 valence electrons. The lowest BCUT2D eigenvalue weighted by atomic mass is 10.1. The molecule has 0 spiro atoms. The summed E-state index contributed by atoms with van der Waals surface area (Å²) < 4.78 is 0. The summed E-state index contributed by atoms with van der Waals surface area (Å²) in [6, 6.07) is 6.64. The smallest absolute Gasteiger partial charge is 0.315 e. The Hall–Kier alpha value is -2.57. The average Bonchev–Trinajstić information content (AvgIpc) is 3.32. The molecule has 1 unspecified atom stereocenters. The monoisotopic (exact) mass is 319 g/mol. The van der Waals surface area contributed by atoms with E-state index in [9.17, 15) is 14.4 Å². The Balaban J connectivity index is 1.79. The highest BCUT2D eigenvalue weighted by molar-refractivity contribution is 5.94. The summed E-state index contributed by atoms with van der Waals surface area (Å²) in [7, 11) is 0. The van der Waals surface area contributed by atoms with Crippen LogP contribution in [0.4, 0.5) is 10.5 Å². The van der Waals surface area contributed by atoms with Crippen molar-refractivity contribution in [2.75, 3.05) is 11.9 Å². The second-order valence-corrected chi connectivity index (χ2v) is 5.65. The fraction of sp³-hybridized carbons (Fsp3) is 0.438. The van der Waals surface area contributed by atoms with Crippen LogP contribution in [0.15, 0.2) is 24.3 Å². The summed E-state index contributed by atoms with van der Waals surface area (Å²) in [5.74, 6) is -0.742. The van der Waals surface area contributed by atoms with Crippen LogP contribution in [0.2, 0.25) is 0 Å². The molecule has 1 saturated carbocycles. The largest absolute Gasteiger partial charge is 0.481 e. The maximum absolute atomic E-state index is 11.7. The number of hydrogen-bond donors (Lipinski definition) is 4. The number of carboxylic acids is 1. The van der Waals surface area contributed by atoms with Crippen molar-refractivity contribution >= 4 is 23.6 Å². The molecular weight excluding hydrogens is 298 g/mol. The molecule has 1 aliphatic rings.